The summed E-state index contributed by atoms with van der Waals surface area (Å²) in [5.74, 6) is -2.99. The molecule has 0 saturated heterocycles. The number of hydrogen-bond donors (Lipinski definition) is 0. The molecule has 43 heavy (non-hydrogen) atoms. The summed E-state index contributed by atoms with van der Waals surface area (Å²) in [5, 5.41) is 0. The molecule has 0 amide bonds. The van der Waals surface area contributed by atoms with E-state index < -0.39 is 47.9 Å². The Balaban J connectivity index is 0.000000171. The Morgan fingerprint density at radius 3 is 1.42 bits per heavy atom. The second-order valence-corrected chi connectivity index (χ2v) is 10.7. The minimum Gasteiger partial charge on any atom is -0.468 e. The van der Waals surface area contributed by atoms with E-state index >= 15 is 0 Å². The van der Waals surface area contributed by atoms with Crippen LogP contribution in [0.25, 0.3) is 0 Å². The van der Waals surface area contributed by atoms with Crippen LogP contribution in [0, 0.1) is 0 Å². The van der Waals surface area contributed by atoms with Crippen molar-refractivity contribution in [2.45, 2.75) is 24.0 Å². The normalized spacial score (nSPS) is 20.2. The Morgan fingerprint density at radius 1 is 0.581 bits per heavy atom. The highest BCUT2D eigenvalue weighted by atomic mass is 79.9. The average molecular weight is 643 g/mol. The van der Waals surface area contributed by atoms with Crippen LogP contribution in [0.3, 0.4) is 0 Å². The summed E-state index contributed by atoms with van der Waals surface area (Å²) in [4.78, 5) is 48.8. The van der Waals surface area contributed by atoms with Gasteiger partial charge < -0.3 is 18.9 Å². The van der Waals surface area contributed by atoms with Crippen molar-refractivity contribution < 1.29 is 38.1 Å². The smallest absolute Gasteiger partial charge is 0.339 e. The monoisotopic (exact) mass is 642 g/mol. The van der Waals surface area contributed by atoms with Crippen LogP contribution in [0.5, 0.6) is 0 Å². The van der Waals surface area contributed by atoms with Crippen molar-refractivity contribution in [3.8, 4) is 0 Å². The topological polar surface area (TPSA) is 105 Å². The fourth-order valence-electron chi connectivity index (χ4n) is 5.30. The number of esters is 4. The molecule has 2 aliphatic heterocycles. The average Bonchev–Trinajstić information content (AvgIpc) is 3.05. The first kappa shape index (κ1) is 29.7. The first-order valence-electron chi connectivity index (χ1n) is 13.4. The van der Waals surface area contributed by atoms with Crippen LogP contribution in [-0.4, -0.2) is 38.1 Å². The zero-order chi connectivity index (χ0) is 30.5. The van der Waals surface area contributed by atoms with Crippen LogP contribution in [0.4, 0.5) is 0 Å². The Kier molecular flexibility index (Phi) is 9.01. The van der Waals surface area contributed by atoms with Gasteiger partial charge in [-0.25, -0.2) is 9.59 Å². The lowest BCUT2D eigenvalue weighted by Gasteiger charge is -2.31. The van der Waals surface area contributed by atoms with Crippen LogP contribution >= 0.6 is 15.9 Å². The van der Waals surface area contributed by atoms with Crippen molar-refractivity contribution in [3.05, 3.63) is 141 Å². The lowest BCUT2D eigenvalue weighted by molar-refractivity contribution is -0.147. The molecular formula is C34H27BrO8. The van der Waals surface area contributed by atoms with E-state index in [1.807, 2.05) is 54.6 Å². The molecule has 4 atom stereocenters. The molecule has 8 nitrogen and oxygen atoms in total. The lowest BCUT2D eigenvalue weighted by atomic mass is 9.84. The summed E-state index contributed by atoms with van der Waals surface area (Å²) in [6.45, 7) is 0. The fraction of sp³-hybridized carbons (Fsp3) is 0.176. The lowest BCUT2D eigenvalue weighted by Crippen LogP contribution is -2.31. The number of halogens is 1. The number of ether oxygens (including phenoxy) is 4. The summed E-state index contributed by atoms with van der Waals surface area (Å²) in [5.41, 5.74) is 3.64. The number of fused-ring (bicyclic) bond motifs is 2. The largest absolute Gasteiger partial charge is 0.468 e. The van der Waals surface area contributed by atoms with E-state index in [0.29, 0.717) is 22.3 Å². The van der Waals surface area contributed by atoms with Crippen molar-refractivity contribution >= 4 is 39.8 Å². The minimum atomic E-state index is -0.692. The summed E-state index contributed by atoms with van der Waals surface area (Å²) in [7, 11) is 2.67. The maximum atomic E-state index is 12.3. The van der Waals surface area contributed by atoms with Gasteiger partial charge in [0.15, 0.2) is 0 Å². The van der Waals surface area contributed by atoms with Crippen molar-refractivity contribution in [3.63, 3.8) is 0 Å². The van der Waals surface area contributed by atoms with Crippen molar-refractivity contribution in [1.29, 1.82) is 0 Å². The van der Waals surface area contributed by atoms with E-state index in [4.69, 9.17) is 18.9 Å². The Labute approximate surface area is 256 Å². The molecule has 0 saturated carbocycles. The molecule has 4 aromatic carbocycles. The molecule has 0 fully saturated rings. The Hall–Kier alpha value is -4.76. The first-order valence-corrected chi connectivity index (χ1v) is 14.2. The van der Waals surface area contributed by atoms with Gasteiger partial charge in [-0.1, -0.05) is 94.8 Å². The van der Waals surface area contributed by atoms with Crippen LogP contribution in [0.15, 0.2) is 108 Å². The van der Waals surface area contributed by atoms with Gasteiger partial charge in [0, 0.05) is 4.47 Å². The van der Waals surface area contributed by atoms with Crippen molar-refractivity contribution in [1.82, 2.24) is 0 Å². The maximum absolute atomic E-state index is 12.3. The summed E-state index contributed by atoms with van der Waals surface area (Å²) in [6.07, 6.45) is -1.36. The van der Waals surface area contributed by atoms with Crippen LogP contribution in [0.2, 0.25) is 0 Å². The van der Waals surface area contributed by atoms with Gasteiger partial charge in [-0.3, -0.25) is 9.59 Å². The van der Waals surface area contributed by atoms with Crippen molar-refractivity contribution in [2.24, 2.45) is 0 Å². The van der Waals surface area contributed by atoms with Gasteiger partial charge in [0.25, 0.3) is 0 Å². The van der Waals surface area contributed by atoms with E-state index in [-0.39, 0.29) is 0 Å². The van der Waals surface area contributed by atoms with E-state index in [2.05, 4.69) is 15.9 Å². The summed E-state index contributed by atoms with van der Waals surface area (Å²) >= 11 is 3.37. The molecule has 9 heteroatoms. The standard InChI is InChI=1S/C17H13BrO4.C17H14O4/c1-21-17(20)14-12-4-2-3-5-13(12)16(19)22-15(14)10-6-8-11(18)9-7-10;1-20-17(19)14-12-9-5-6-10-13(12)16(18)21-15(14)11-7-3-2-4-8-11/h2-9,14-15H,1H3;2-10,14-15H,1H3/t2*14-,15+/m11/s1. The molecule has 218 valence electrons. The van der Waals surface area contributed by atoms with Gasteiger partial charge in [-0.2, -0.15) is 0 Å². The SMILES string of the molecule is COC(=O)[C@@H]1c2ccccc2C(=O)O[C@H]1c1ccc(Br)cc1.COC(=O)[C@@H]1c2ccccc2C(=O)O[C@H]1c1ccccc1. The fourth-order valence-corrected chi connectivity index (χ4v) is 5.56. The number of methoxy groups -OCH3 is 2. The highest BCUT2D eigenvalue weighted by Gasteiger charge is 2.42. The second kappa shape index (κ2) is 13.0. The quantitative estimate of drug-likeness (QED) is 0.184. The van der Waals surface area contributed by atoms with Crippen LogP contribution < -0.4 is 0 Å². The van der Waals surface area contributed by atoms with Gasteiger partial charge in [0.1, 0.15) is 24.0 Å². The number of carbonyl (C=O) groups excluding carboxylic acids is 4. The Morgan fingerprint density at radius 2 is 0.977 bits per heavy atom. The van der Waals surface area contributed by atoms with Gasteiger partial charge in [0.05, 0.1) is 25.3 Å². The van der Waals surface area contributed by atoms with Gasteiger partial charge in [0.2, 0.25) is 0 Å². The van der Waals surface area contributed by atoms with E-state index in [9.17, 15) is 19.2 Å². The van der Waals surface area contributed by atoms with Crippen molar-refractivity contribution in [2.75, 3.05) is 14.2 Å². The molecule has 0 spiro atoms. The molecular weight excluding hydrogens is 616 g/mol. The zero-order valence-corrected chi connectivity index (χ0v) is 24.9. The third-order valence-electron chi connectivity index (χ3n) is 7.34. The van der Waals surface area contributed by atoms with E-state index in [0.717, 1.165) is 15.6 Å². The molecule has 0 aliphatic carbocycles. The number of cyclic esters (lactones) is 2. The Bertz CT molecular complexity index is 1650. The zero-order valence-electron chi connectivity index (χ0n) is 23.3. The highest BCUT2D eigenvalue weighted by molar-refractivity contribution is 9.10. The molecule has 6 rings (SSSR count). The molecule has 0 bridgehead atoms. The number of rotatable bonds is 4. The molecule has 0 N–H and O–H groups in total. The maximum Gasteiger partial charge on any atom is 0.339 e. The molecule has 4 aromatic rings. The predicted molar refractivity (Wildman–Crippen MR) is 159 cm³/mol. The number of carbonyl (C=O) groups is 4. The molecule has 2 heterocycles. The third-order valence-corrected chi connectivity index (χ3v) is 7.87. The minimum absolute atomic E-state index is 0.409. The third kappa shape index (κ3) is 6.08. The van der Waals surface area contributed by atoms with Gasteiger partial charge in [-0.15, -0.1) is 0 Å². The van der Waals surface area contributed by atoms with Crippen LogP contribution in [0.1, 0.15) is 67.0 Å². The number of benzene rings is 4. The van der Waals surface area contributed by atoms with E-state index in [1.54, 1.807) is 48.5 Å². The summed E-state index contributed by atoms with van der Waals surface area (Å²) < 4.78 is 21.7. The first-order chi connectivity index (χ1) is 20.8. The molecule has 0 radical (unpaired) electrons. The summed E-state index contributed by atoms with van der Waals surface area (Å²) in [6, 6.07) is 30.5. The number of hydrogen-bond acceptors (Lipinski definition) is 8. The highest BCUT2D eigenvalue weighted by Crippen LogP contribution is 2.42. The second-order valence-electron chi connectivity index (χ2n) is 9.79. The van der Waals surface area contributed by atoms with Gasteiger partial charge >= 0.3 is 23.9 Å². The predicted octanol–water partition coefficient (Wildman–Crippen LogP) is 6.47. The molecule has 0 unspecified atom stereocenters. The van der Waals surface area contributed by atoms with Crippen LogP contribution in [-0.2, 0) is 28.5 Å². The molecule has 0 aromatic heterocycles. The molecule has 2 aliphatic rings. The van der Waals surface area contributed by atoms with Gasteiger partial charge in [-0.05, 0) is 46.5 Å². The van der Waals surface area contributed by atoms with E-state index in [1.165, 1.54) is 14.2 Å².